The number of amides is 1. The van der Waals surface area contributed by atoms with Gasteiger partial charge in [0.05, 0.1) is 33.8 Å². The first-order valence-corrected chi connectivity index (χ1v) is 38.8. The Bertz CT molecular complexity index is 1720. The molecule has 0 bridgehead atoms. The Balaban J connectivity index is 5.06. The molecule has 0 saturated heterocycles. The van der Waals surface area contributed by atoms with Gasteiger partial charge in [0.2, 0.25) is 5.91 Å². The first kappa shape index (κ1) is 84.5. The summed E-state index contributed by atoms with van der Waals surface area (Å²) in [6.45, 7) is 6.95. The van der Waals surface area contributed by atoms with Crippen LogP contribution in [-0.4, -0.2) is 74.3 Å². The van der Waals surface area contributed by atoms with Crippen molar-refractivity contribution in [3.05, 3.63) is 72.9 Å². The number of nitrogens with zero attached hydrogens (tertiary/aromatic N) is 1. The van der Waals surface area contributed by atoms with Gasteiger partial charge >= 0.3 is 13.8 Å². The monoisotopic (exact) mass is 1240 g/mol. The fraction of sp³-hybridized carbons (Fsp3) is 0.818. The van der Waals surface area contributed by atoms with Crippen molar-refractivity contribution < 1.29 is 37.3 Å². The highest BCUT2D eigenvalue weighted by Crippen LogP contribution is 2.43. The third kappa shape index (κ3) is 67.7. The molecule has 0 aliphatic rings. The van der Waals surface area contributed by atoms with Crippen LogP contribution >= 0.6 is 7.82 Å². The number of likely N-dealkylation sites (N-methyl/N-ethyl adjacent to an activating group) is 1. The average Bonchev–Trinajstić information content (AvgIpc) is 3.70. The molecule has 87 heavy (non-hydrogen) atoms. The van der Waals surface area contributed by atoms with Gasteiger partial charge in [-0.3, -0.25) is 18.6 Å². The summed E-state index contributed by atoms with van der Waals surface area (Å²) in [5, 5.41) is 3.08. The van der Waals surface area contributed by atoms with Crippen molar-refractivity contribution in [2.24, 2.45) is 0 Å². The second kappa shape index (κ2) is 66.4. The van der Waals surface area contributed by atoms with E-state index in [9.17, 15) is 19.0 Å². The quantitative estimate of drug-likeness (QED) is 0.0205. The number of phosphoric ester groups is 1. The number of ether oxygens (including phenoxy) is 1. The third-order valence-electron chi connectivity index (χ3n) is 16.7. The van der Waals surface area contributed by atoms with Crippen molar-refractivity contribution >= 4 is 19.7 Å². The molecule has 2 N–H and O–H groups in total. The molecule has 1 amide bonds. The van der Waals surface area contributed by atoms with Crippen molar-refractivity contribution in [1.82, 2.24) is 5.32 Å². The SMILES string of the molecule is CC/C=C\C/C=C\C/C=C\C/C=C\C/C=C\CCCCCCCCCC(=O)OC(/C=C/CCCCCCCCCCCCC)C(COP(=O)(O)OCC[N+](C)(C)C)NC(=O)CCCCCCCCCCCCCCCCCCCCCCCCCCC. The van der Waals surface area contributed by atoms with Gasteiger partial charge in [-0.15, -0.1) is 0 Å². The predicted octanol–water partition coefficient (Wildman–Crippen LogP) is 23.9. The molecule has 0 rings (SSSR count). The largest absolute Gasteiger partial charge is 0.472 e. The highest BCUT2D eigenvalue weighted by atomic mass is 31.2. The molecule has 0 heterocycles. The molecule has 10 heteroatoms. The highest BCUT2D eigenvalue weighted by molar-refractivity contribution is 7.47. The molecule has 508 valence electrons. The van der Waals surface area contributed by atoms with Crippen LogP contribution in [0.25, 0.3) is 0 Å². The van der Waals surface area contributed by atoms with E-state index in [1.54, 1.807) is 0 Å². The second-order valence-electron chi connectivity index (χ2n) is 26.4. The number of hydrogen-bond donors (Lipinski definition) is 2. The fourth-order valence-corrected chi connectivity index (χ4v) is 11.7. The fourth-order valence-electron chi connectivity index (χ4n) is 11.0. The van der Waals surface area contributed by atoms with Gasteiger partial charge in [-0.2, -0.15) is 0 Å². The van der Waals surface area contributed by atoms with Gasteiger partial charge in [0, 0.05) is 12.8 Å². The van der Waals surface area contributed by atoms with Gasteiger partial charge in [0.25, 0.3) is 0 Å². The Labute approximate surface area is 540 Å². The Hall–Kier alpha value is -2.55. The molecule has 3 atom stereocenters. The van der Waals surface area contributed by atoms with E-state index in [-0.39, 0.29) is 31.5 Å². The van der Waals surface area contributed by atoms with Crippen LogP contribution in [0.1, 0.15) is 355 Å². The van der Waals surface area contributed by atoms with E-state index < -0.39 is 20.0 Å². The van der Waals surface area contributed by atoms with Gasteiger partial charge in [0.15, 0.2) is 0 Å². The number of hydrogen-bond acceptors (Lipinski definition) is 6. The smallest absolute Gasteiger partial charge is 0.456 e. The van der Waals surface area contributed by atoms with E-state index in [4.69, 9.17) is 13.8 Å². The molecular weight excluding hydrogens is 1100 g/mol. The lowest BCUT2D eigenvalue weighted by atomic mass is 10.0. The Morgan fingerprint density at radius 3 is 1.10 bits per heavy atom. The number of esters is 1. The zero-order valence-electron chi connectivity index (χ0n) is 58.3. The number of carbonyl (C=O) groups is 2. The molecule has 3 unspecified atom stereocenters. The zero-order chi connectivity index (χ0) is 63.5. The van der Waals surface area contributed by atoms with E-state index in [2.05, 4.69) is 86.8 Å². The van der Waals surface area contributed by atoms with Crippen molar-refractivity contribution in [2.45, 2.75) is 367 Å². The molecule has 0 fully saturated rings. The number of unbranched alkanes of at least 4 members (excludes halogenated alkanes) is 42. The number of rotatable bonds is 68. The minimum atomic E-state index is -4.46. The van der Waals surface area contributed by atoms with Crippen LogP contribution in [0.5, 0.6) is 0 Å². The number of nitrogens with one attached hydrogen (secondary N) is 1. The summed E-state index contributed by atoms with van der Waals surface area (Å²) in [7, 11) is 1.50. The highest BCUT2D eigenvalue weighted by Gasteiger charge is 2.30. The van der Waals surface area contributed by atoms with Crippen LogP contribution in [0.4, 0.5) is 0 Å². The zero-order valence-corrected chi connectivity index (χ0v) is 59.2. The first-order valence-electron chi connectivity index (χ1n) is 37.3. The molecule has 0 aromatic rings. The molecule has 0 aromatic carbocycles. The van der Waals surface area contributed by atoms with Crippen molar-refractivity contribution in [3.63, 3.8) is 0 Å². The van der Waals surface area contributed by atoms with Crippen molar-refractivity contribution in [3.8, 4) is 0 Å². The van der Waals surface area contributed by atoms with Gasteiger partial charge in [-0.05, 0) is 76.7 Å². The van der Waals surface area contributed by atoms with Gasteiger partial charge in [-0.1, -0.05) is 338 Å². The van der Waals surface area contributed by atoms with Crippen LogP contribution in [0.15, 0.2) is 72.9 Å². The summed E-state index contributed by atoms with van der Waals surface area (Å²) in [5.74, 6) is -0.503. The maximum absolute atomic E-state index is 13.6. The third-order valence-corrected chi connectivity index (χ3v) is 17.6. The molecule has 0 saturated carbocycles. The van der Waals surface area contributed by atoms with Crippen LogP contribution < -0.4 is 5.32 Å². The topological polar surface area (TPSA) is 111 Å². The van der Waals surface area contributed by atoms with Crippen LogP contribution in [-0.2, 0) is 27.9 Å². The summed E-state index contributed by atoms with van der Waals surface area (Å²) in [5.41, 5.74) is 0. The summed E-state index contributed by atoms with van der Waals surface area (Å²) in [6.07, 6.45) is 87.8. The number of phosphoric acid groups is 1. The standard InChI is InChI=1S/C77H143N2O7P/c1-7-10-13-16-19-22-25-28-30-32-34-36-38-39-41-42-44-46-48-51-54-57-60-63-66-69-76(80)78-74(73-85-87(82,83)84-72-71-79(4,5)6)75(68-65-62-59-56-53-50-27-24-21-18-15-12-9-3)86-77(81)70-67-64-61-58-55-52-49-47-45-43-40-37-35-33-31-29-26-23-20-17-14-11-8-2/h11,14,20,23,29,31,35,37,43,45,65,68,74-75H,7-10,12-13,15-19,21-22,24-28,30,32-34,36,38-42,44,46-64,66-67,69-73H2,1-6H3,(H-,78,80,82,83)/p+1/b14-11-,23-20-,31-29-,37-35-,45-43-,68-65+. The van der Waals surface area contributed by atoms with Gasteiger partial charge < -0.3 is 19.4 Å². The van der Waals surface area contributed by atoms with E-state index in [1.807, 2.05) is 33.3 Å². The maximum Gasteiger partial charge on any atom is 0.472 e. The first-order chi connectivity index (χ1) is 42.4. The summed E-state index contributed by atoms with van der Waals surface area (Å²) < 4.78 is 30.9. The maximum atomic E-state index is 13.6. The van der Waals surface area contributed by atoms with Gasteiger partial charge in [0.1, 0.15) is 19.3 Å². The van der Waals surface area contributed by atoms with Crippen molar-refractivity contribution in [1.29, 1.82) is 0 Å². The van der Waals surface area contributed by atoms with Crippen molar-refractivity contribution in [2.75, 3.05) is 40.9 Å². The molecule has 9 nitrogen and oxygen atoms in total. The number of allylic oxidation sites excluding steroid dienone is 11. The van der Waals surface area contributed by atoms with Crippen LogP contribution in [0.3, 0.4) is 0 Å². The molecule has 0 aliphatic heterocycles. The molecule has 0 aromatic heterocycles. The minimum absolute atomic E-state index is 0.0380. The van der Waals surface area contributed by atoms with Crippen LogP contribution in [0.2, 0.25) is 0 Å². The van der Waals surface area contributed by atoms with E-state index in [0.29, 0.717) is 17.4 Å². The number of carbonyl (C=O) groups excluding carboxylic acids is 2. The second-order valence-corrected chi connectivity index (χ2v) is 27.9. The van der Waals surface area contributed by atoms with E-state index in [0.717, 1.165) is 103 Å². The van der Waals surface area contributed by atoms with Crippen LogP contribution in [0, 0.1) is 0 Å². The molecular formula is C77H144N2O7P+. The predicted molar refractivity (Wildman–Crippen MR) is 378 cm³/mol. The average molecular weight is 1240 g/mol. The Morgan fingerprint density at radius 1 is 0.414 bits per heavy atom. The summed E-state index contributed by atoms with van der Waals surface area (Å²) in [6, 6.07) is -0.855. The molecule has 0 aliphatic carbocycles. The lowest BCUT2D eigenvalue weighted by Gasteiger charge is -2.27. The number of quaternary nitrogens is 1. The Morgan fingerprint density at radius 2 is 0.736 bits per heavy atom. The lowest BCUT2D eigenvalue weighted by Crippen LogP contribution is -2.47. The molecule has 0 radical (unpaired) electrons. The molecule has 0 spiro atoms. The lowest BCUT2D eigenvalue weighted by molar-refractivity contribution is -0.870. The summed E-state index contributed by atoms with van der Waals surface area (Å²) in [4.78, 5) is 38.0. The summed E-state index contributed by atoms with van der Waals surface area (Å²) >= 11 is 0. The Kier molecular flexibility index (Phi) is 64.4. The normalized spacial score (nSPS) is 13.9. The van der Waals surface area contributed by atoms with E-state index >= 15 is 0 Å². The van der Waals surface area contributed by atoms with E-state index in [1.165, 1.54) is 218 Å². The minimum Gasteiger partial charge on any atom is -0.456 e. The van der Waals surface area contributed by atoms with Gasteiger partial charge in [-0.25, -0.2) is 4.57 Å².